The predicted molar refractivity (Wildman–Crippen MR) is 213 cm³/mol. The largest absolute Gasteiger partial charge is 1.00 e. The van der Waals surface area contributed by atoms with E-state index in [1.54, 1.807) is 34.6 Å². The number of carbonyl (C=O) groups excluding carboxylic acids is 5. The van der Waals surface area contributed by atoms with Crippen LogP contribution < -0.4 is 34.9 Å². The Morgan fingerprint density at radius 2 is 1.32 bits per heavy atom. The lowest BCUT2D eigenvalue weighted by molar-refractivity contribution is -0.418. The van der Waals surface area contributed by atoms with Crippen molar-refractivity contribution in [1.29, 1.82) is 0 Å². The lowest BCUT2D eigenvalue weighted by Crippen LogP contribution is -3.00. The molecule has 4 aliphatic rings. The van der Waals surface area contributed by atoms with Crippen molar-refractivity contribution in [2.24, 2.45) is 23.3 Å². The van der Waals surface area contributed by atoms with Gasteiger partial charge in [-0.3, -0.25) is 9.59 Å². The molecule has 10 N–H and O–H groups in total. The summed E-state index contributed by atoms with van der Waals surface area (Å²) in [5.41, 5.74) is 13.3. The van der Waals surface area contributed by atoms with Crippen LogP contribution in [0.3, 0.4) is 0 Å². The van der Waals surface area contributed by atoms with E-state index in [1.165, 1.54) is 11.0 Å². The number of primary amides is 2. The van der Waals surface area contributed by atoms with Crippen LogP contribution in [0.15, 0.2) is 12.7 Å². The average Bonchev–Trinajstić information content (AvgIpc) is 4.03. The number of carbonyl (C=O) groups is 5. The Balaban J connectivity index is 0.000000445. The van der Waals surface area contributed by atoms with Crippen molar-refractivity contribution in [2.75, 3.05) is 13.2 Å². The Morgan fingerprint density at radius 1 is 0.825 bits per heavy atom. The third kappa shape index (κ3) is 13.2. The molecule has 10 atom stereocenters. The van der Waals surface area contributed by atoms with Gasteiger partial charge in [-0.25, -0.2) is 33.7 Å². The van der Waals surface area contributed by atoms with Gasteiger partial charge in [-0.15, -0.1) is 10.2 Å². The molecule has 24 nitrogen and oxygen atoms in total. The lowest BCUT2D eigenvalue weighted by Gasteiger charge is -2.27. The first kappa shape index (κ1) is 54.6. The van der Waals surface area contributed by atoms with E-state index in [0.717, 1.165) is 36.7 Å². The van der Waals surface area contributed by atoms with Crippen LogP contribution in [0, 0.1) is 11.8 Å². The molecule has 0 bridgehead atoms. The summed E-state index contributed by atoms with van der Waals surface area (Å²) in [6.45, 7) is 12.1. The molecule has 63 heavy (non-hydrogen) atoms. The van der Waals surface area contributed by atoms with Crippen molar-refractivity contribution in [3.63, 3.8) is 0 Å². The van der Waals surface area contributed by atoms with Gasteiger partial charge in [0, 0.05) is 18.8 Å². The standard InChI is InChI=1S/C23H35N5O8.C13H21N5O6.2CH4.ClH/c1-12(2)14(26-21(31)36-22(3,4)5)20(30)32-10-13-15-16(35-23(34-15)8-6-7-9-23)19(33-13)28-11-25-18(27-28)17(24)29;1-5(2)7(14)13(22)23-3-6-8(19)9(20)12(24-6)18-4-16-11(17-18)10(15)21;;;/h11-16,19H,6-10H2,1-5H3,(H2,24,29)(H,26,31);4-9,12,19-20H,3,14H2,1-2H3,(H2,15,21);2*1H4;1H/t13-,14-,15-,16-,19-;6-,7-,8-,9-,12-;;;/m00.../s1. The number of nitrogens with one attached hydrogen (secondary N) is 1. The van der Waals surface area contributed by atoms with Gasteiger partial charge < -0.3 is 78.3 Å². The Labute approximate surface area is 371 Å². The van der Waals surface area contributed by atoms with Crippen LogP contribution in [-0.4, -0.2) is 143 Å². The van der Waals surface area contributed by atoms with Gasteiger partial charge in [0.1, 0.15) is 74.1 Å². The zero-order valence-electron chi connectivity index (χ0n) is 35.0. The fourth-order valence-electron chi connectivity index (χ4n) is 6.83. The van der Waals surface area contributed by atoms with E-state index in [1.807, 2.05) is 13.8 Å². The number of hydrogen-bond donors (Lipinski definition) is 6. The summed E-state index contributed by atoms with van der Waals surface area (Å²) in [5, 5.41) is 30.6. The number of fused-ring (bicyclic) bond motifs is 1. The number of amides is 3. The third-order valence-corrected chi connectivity index (χ3v) is 10.1. The molecule has 2 aromatic rings. The van der Waals surface area contributed by atoms with Crippen LogP contribution in [0.4, 0.5) is 4.79 Å². The van der Waals surface area contributed by atoms with Gasteiger partial charge in [-0.05, 0) is 39.5 Å². The average molecular weight is 921 g/mol. The molecule has 3 aliphatic heterocycles. The number of aromatic nitrogens is 6. The maximum atomic E-state index is 12.9. The maximum absolute atomic E-state index is 12.9. The Hall–Kier alpha value is -4.56. The predicted octanol–water partition coefficient (Wildman–Crippen LogP) is -3.50. The van der Waals surface area contributed by atoms with E-state index >= 15 is 0 Å². The highest BCUT2D eigenvalue weighted by atomic mass is 35.5. The fraction of sp³-hybridized carbons (Fsp3) is 0.763. The third-order valence-electron chi connectivity index (χ3n) is 10.1. The molecule has 0 radical (unpaired) electrons. The summed E-state index contributed by atoms with van der Waals surface area (Å²) in [5.74, 6) is -4.08. The molecule has 0 aromatic carbocycles. The molecule has 1 spiro atoms. The number of aliphatic hydroxyl groups excluding tert-OH is 2. The Morgan fingerprint density at radius 3 is 1.81 bits per heavy atom. The molecule has 5 heterocycles. The van der Waals surface area contributed by atoms with Gasteiger partial charge in [0.2, 0.25) is 11.6 Å². The highest BCUT2D eigenvalue weighted by Gasteiger charge is 2.60. The minimum atomic E-state index is -1.34. The number of halogens is 1. The molecule has 3 saturated heterocycles. The van der Waals surface area contributed by atoms with Gasteiger partial charge in [-0.1, -0.05) is 42.5 Å². The number of ether oxygens (including phenoxy) is 7. The Kier molecular flexibility index (Phi) is 19.4. The van der Waals surface area contributed by atoms with Crippen LogP contribution >= 0.6 is 0 Å². The first-order valence-electron chi connectivity index (χ1n) is 19.7. The monoisotopic (exact) mass is 920 g/mol. The van der Waals surface area contributed by atoms with Gasteiger partial charge in [0.25, 0.3) is 11.8 Å². The van der Waals surface area contributed by atoms with Crippen LogP contribution in [0.1, 0.15) is 123 Å². The van der Waals surface area contributed by atoms with Crippen molar-refractivity contribution in [1.82, 2.24) is 34.8 Å². The smallest absolute Gasteiger partial charge is 0.408 e. The second-order valence-electron chi connectivity index (χ2n) is 16.7. The van der Waals surface area contributed by atoms with Crippen LogP contribution in [0.2, 0.25) is 0 Å². The molecule has 1 saturated carbocycles. The summed E-state index contributed by atoms with van der Waals surface area (Å²) in [4.78, 5) is 67.0. The van der Waals surface area contributed by atoms with E-state index in [2.05, 4.69) is 31.2 Å². The minimum absolute atomic E-state index is 0. The molecule has 4 fully saturated rings. The topological polar surface area (TPSA) is 344 Å². The normalized spacial score (nSPS) is 26.5. The Bertz CT molecular complexity index is 1850. The molecule has 1 aliphatic carbocycles. The summed E-state index contributed by atoms with van der Waals surface area (Å²) >= 11 is 0. The van der Waals surface area contributed by atoms with E-state index in [4.69, 9.17) is 44.6 Å². The van der Waals surface area contributed by atoms with E-state index in [-0.39, 0.29) is 64.0 Å². The van der Waals surface area contributed by atoms with Crippen molar-refractivity contribution < 1.29 is 85.5 Å². The van der Waals surface area contributed by atoms with Crippen molar-refractivity contribution >= 4 is 29.8 Å². The SMILES string of the molecule is C.C.CC(C)[C@H](NC(=O)OC(C)(C)C)C(=O)OC[C@@H]1O[C@H](n2cnc(C(N)=O)n2)[C@H]2OC3(CCCC3)O[C@H]21.CC(C)[C@H]([NH3+])C(=O)OC[C@@H]1O[C@H](n2cnc(C(N)=O)n2)[C@@H](O)[C@H]1O.[Cl-]. The number of esters is 2. The zero-order chi connectivity index (χ0) is 44.3. The summed E-state index contributed by atoms with van der Waals surface area (Å²) in [6.07, 6.45) is -1.91. The zero-order valence-corrected chi connectivity index (χ0v) is 35.8. The minimum Gasteiger partial charge on any atom is -1.00 e. The van der Waals surface area contributed by atoms with Gasteiger partial charge >= 0.3 is 18.0 Å². The number of quaternary nitrogens is 1. The number of hydrogen-bond acceptors (Lipinski definition) is 18. The van der Waals surface area contributed by atoms with Crippen molar-refractivity contribution in [2.45, 2.75) is 162 Å². The second-order valence-corrected chi connectivity index (χ2v) is 16.7. The van der Waals surface area contributed by atoms with Crippen LogP contribution in [0.25, 0.3) is 0 Å². The molecular formula is C38H65ClN10O14. The number of rotatable bonds is 13. The van der Waals surface area contributed by atoms with Gasteiger partial charge in [-0.2, -0.15) is 0 Å². The number of nitrogens with zero attached hydrogens (tertiary/aromatic N) is 6. The van der Waals surface area contributed by atoms with Crippen LogP contribution in [-0.2, 0) is 42.7 Å². The molecule has 25 heteroatoms. The second kappa shape index (κ2) is 22.4. The lowest BCUT2D eigenvalue weighted by atomic mass is 10.1. The van der Waals surface area contributed by atoms with E-state index in [0.29, 0.717) is 0 Å². The highest BCUT2D eigenvalue weighted by molar-refractivity contribution is 5.89. The molecule has 358 valence electrons. The molecule has 2 aromatic heterocycles. The molecule has 6 rings (SSSR count). The summed E-state index contributed by atoms with van der Waals surface area (Å²) in [7, 11) is 0. The first-order valence-corrected chi connectivity index (χ1v) is 19.7. The van der Waals surface area contributed by atoms with Crippen molar-refractivity contribution in [3.05, 3.63) is 24.3 Å². The fourth-order valence-corrected chi connectivity index (χ4v) is 6.83. The van der Waals surface area contributed by atoms with E-state index in [9.17, 15) is 34.2 Å². The maximum Gasteiger partial charge on any atom is 0.408 e. The number of nitrogens with two attached hydrogens (primary N) is 2. The molecule has 3 amide bonds. The highest BCUT2D eigenvalue weighted by Crippen LogP contribution is 2.49. The van der Waals surface area contributed by atoms with Crippen molar-refractivity contribution in [3.8, 4) is 0 Å². The molecule has 0 unspecified atom stereocenters. The number of alkyl carbamates (subject to hydrolysis) is 1. The summed E-state index contributed by atoms with van der Waals surface area (Å²) < 4.78 is 42.6. The van der Waals surface area contributed by atoms with E-state index < -0.39 is 102 Å². The van der Waals surface area contributed by atoms with Gasteiger partial charge in [0.15, 0.2) is 24.3 Å². The quantitative estimate of drug-likeness (QED) is 0.0839. The van der Waals surface area contributed by atoms with Gasteiger partial charge in [0.05, 0.1) is 0 Å². The van der Waals surface area contributed by atoms with Crippen LogP contribution in [0.5, 0.6) is 0 Å². The summed E-state index contributed by atoms with van der Waals surface area (Å²) in [6, 6.07) is -1.46. The first-order chi connectivity index (χ1) is 28.1. The molecular weight excluding hydrogens is 856 g/mol. The number of aliphatic hydroxyl groups is 2.